The Bertz CT molecular complexity index is 758. The molecule has 0 bridgehead atoms. The van der Waals surface area contributed by atoms with E-state index < -0.39 is 0 Å². The highest BCUT2D eigenvalue weighted by Crippen LogP contribution is 2.38. The van der Waals surface area contributed by atoms with Crippen LogP contribution in [0.1, 0.15) is 17.5 Å². The first-order valence-corrected chi connectivity index (χ1v) is 9.36. The van der Waals surface area contributed by atoms with Crippen LogP contribution in [0, 0.1) is 6.92 Å². The standard InChI is InChI=1S/C20H23NO3S/c1-14-6-11-18(24-3)20-17(14)5-4-12-21(20)19(22)13-25-16-9-7-15(23-2)8-10-16/h6-11H,4-5,12-13H2,1-3H3. The van der Waals surface area contributed by atoms with E-state index >= 15 is 0 Å². The van der Waals surface area contributed by atoms with Crippen LogP contribution in [0.2, 0.25) is 0 Å². The van der Waals surface area contributed by atoms with Gasteiger partial charge in [-0.15, -0.1) is 11.8 Å². The van der Waals surface area contributed by atoms with E-state index in [0.29, 0.717) is 5.75 Å². The van der Waals surface area contributed by atoms with Gasteiger partial charge in [0.15, 0.2) is 0 Å². The van der Waals surface area contributed by atoms with Crippen molar-refractivity contribution in [2.75, 3.05) is 31.4 Å². The van der Waals surface area contributed by atoms with Gasteiger partial charge in [-0.3, -0.25) is 4.79 Å². The van der Waals surface area contributed by atoms with E-state index in [4.69, 9.17) is 9.47 Å². The topological polar surface area (TPSA) is 38.8 Å². The third-order valence-corrected chi connectivity index (χ3v) is 5.50. The molecule has 132 valence electrons. The Balaban J connectivity index is 1.76. The molecule has 0 saturated heterocycles. The third kappa shape index (κ3) is 3.76. The van der Waals surface area contributed by atoms with Crippen LogP contribution in [0.25, 0.3) is 0 Å². The maximum Gasteiger partial charge on any atom is 0.237 e. The highest BCUT2D eigenvalue weighted by Gasteiger charge is 2.27. The van der Waals surface area contributed by atoms with E-state index in [1.165, 1.54) is 11.1 Å². The molecule has 25 heavy (non-hydrogen) atoms. The van der Waals surface area contributed by atoms with Crippen molar-refractivity contribution in [1.29, 1.82) is 0 Å². The SMILES string of the molecule is COc1ccc(SCC(=O)N2CCCc3c(C)ccc(OC)c32)cc1. The van der Waals surface area contributed by atoms with Gasteiger partial charge in [0.2, 0.25) is 5.91 Å². The lowest BCUT2D eigenvalue weighted by atomic mass is 9.96. The average Bonchev–Trinajstić information content (AvgIpc) is 2.66. The van der Waals surface area contributed by atoms with Crippen LogP contribution in [0.3, 0.4) is 0 Å². The summed E-state index contributed by atoms with van der Waals surface area (Å²) in [5.41, 5.74) is 3.40. The number of amides is 1. The summed E-state index contributed by atoms with van der Waals surface area (Å²) in [7, 11) is 3.31. The van der Waals surface area contributed by atoms with Crippen LogP contribution in [-0.4, -0.2) is 32.4 Å². The van der Waals surface area contributed by atoms with Gasteiger partial charge in [-0.1, -0.05) is 6.07 Å². The van der Waals surface area contributed by atoms with E-state index in [1.54, 1.807) is 26.0 Å². The second kappa shape index (κ2) is 7.83. The molecule has 2 aromatic rings. The number of carbonyl (C=O) groups excluding carboxylic acids is 1. The Morgan fingerprint density at radius 3 is 2.56 bits per heavy atom. The molecular formula is C20H23NO3S. The molecule has 1 heterocycles. The summed E-state index contributed by atoms with van der Waals surface area (Å²) in [6.07, 6.45) is 1.98. The molecule has 0 spiro atoms. The minimum atomic E-state index is 0.116. The van der Waals surface area contributed by atoms with Gasteiger partial charge in [-0.2, -0.15) is 0 Å². The van der Waals surface area contributed by atoms with Gasteiger partial charge in [-0.05, 0) is 61.2 Å². The van der Waals surface area contributed by atoms with Crippen molar-refractivity contribution in [1.82, 2.24) is 0 Å². The van der Waals surface area contributed by atoms with E-state index in [2.05, 4.69) is 13.0 Å². The number of nitrogens with zero attached hydrogens (tertiary/aromatic N) is 1. The van der Waals surface area contributed by atoms with E-state index in [9.17, 15) is 4.79 Å². The molecule has 0 atom stereocenters. The Hall–Kier alpha value is -2.14. The summed E-state index contributed by atoms with van der Waals surface area (Å²) in [6, 6.07) is 11.8. The van der Waals surface area contributed by atoms with Gasteiger partial charge in [0.25, 0.3) is 0 Å². The van der Waals surface area contributed by atoms with Crippen LogP contribution < -0.4 is 14.4 Å². The Morgan fingerprint density at radius 2 is 1.88 bits per heavy atom. The monoisotopic (exact) mass is 357 g/mol. The lowest BCUT2D eigenvalue weighted by molar-refractivity contribution is -0.116. The zero-order chi connectivity index (χ0) is 17.8. The predicted molar refractivity (Wildman–Crippen MR) is 102 cm³/mol. The first-order valence-electron chi connectivity index (χ1n) is 8.37. The van der Waals surface area contributed by atoms with Gasteiger partial charge < -0.3 is 14.4 Å². The van der Waals surface area contributed by atoms with Gasteiger partial charge in [0.1, 0.15) is 11.5 Å². The predicted octanol–water partition coefficient (Wildman–Crippen LogP) is 4.08. The molecule has 5 heteroatoms. The summed E-state index contributed by atoms with van der Waals surface area (Å²) in [4.78, 5) is 15.8. The van der Waals surface area contributed by atoms with Crippen LogP contribution in [0.4, 0.5) is 5.69 Å². The molecule has 1 aliphatic rings. The molecule has 4 nitrogen and oxygen atoms in total. The first-order chi connectivity index (χ1) is 12.1. The molecule has 0 radical (unpaired) electrons. The van der Waals surface area contributed by atoms with Crippen molar-refractivity contribution in [2.24, 2.45) is 0 Å². The minimum absolute atomic E-state index is 0.116. The van der Waals surface area contributed by atoms with Gasteiger partial charge in [-0.25, -0.2) is 0 Å². The second-order valence-corrected chi connectivity index (χ2v) is 7.07. The summed E-state index contributed by atoms with van der Waals surface area (Å²) in [6.45, 7) is 2.84. The maximum atomic E-state index is 12.9. The van der Waals surface area contributed by atoms with Crippen molar-refractivity contribution >= 4 is 23.4 Å². The number of fused-ring (bicyclic) bond motifs is 1. The zero-order valence-electron chi connectivity index (χ0n) is 14.9. The van der Waals surface area contributed by atoms with Crippen molar-refractivity contribution in [3.63, 3.8) is 0 Å². The minimum Gasteiger partial charge on any atom is -0.497 e. The summed E-state index contributed by atoms with van der Waals surface area (Å²) >= 11 is 1.55. The number of thioether (sulfide) groups is 1. The fourth-order valence-corrected chi connectivity index (χ4v) is 3.94. The molecule has 0 unspecified atom stereocenters. The quantitative estimate of drug-likeness (QED) is 0.756. The summed E-state index contributed by atoms with van der Waals surface area (Å²) in [5, 5.41) is 0. The summed E-state index contributed by atoms with van der Waals surface area (Å²) in [5.74, 6) is 2.12. The number of hydrogen-bond acceptors (Lipinski definition) is 4. The normalized spacial score (nSPS) is 13.3. The lowest BCUT2D eigenvalue weighted by Gasteiger charge is -2.32. The maximum absolute atomic E-state index is 12.9. The fraction of sp³-hybridized carbons (Fsp3) is 0.350. The number of rotatable bonds is 5. The van der Waals surface area contributed by atoms with Crippen molar-refractivity contribution in [3.05, 3.63) is 47.5 Å². The molecule has 0 aromatic heterocycles. The number of carbonyl (C=O) groups is 1. The largest absolute Gasteiger partial charge is 0.497 e. The number of benzene rings is 2. The Kier molecular flexibility index (Phi) is 5.53. The van der Waals surface area contributed by atoms with Crippen LogP contribution in [-0.2, 0) is 11.2 Å². The first kappa shape index (κ1) is 17.7. The Labute approximate surface area is 153 Å². The second-order valence-electron chi connectivity index (χ2n) is 6.03. The molecule has 3 rings (SSSR count). The van der Waals surface area contributed by atoms with Gasteiger partial charge >= 0.3 is 0 Å². The van der Waals surface area contributed by atoms with Crippen molar-refractivity contribution in [2.45, 2.75) is 24.7 Å². The molecular weight excluding hydrogens is 334 g/mol. The highest BCUT2D eigenvalue weighted by atomic mass is 32.2. The number of methoxy groups -OCH3 is 2. The van der Waals surface area contributed by atoms with Gasteiger partial charge in [0.05, 0.1) is 25.7 Å². The zero-order valence-corrected chi connectivity index (χ0v) is 15.7. The van der Waals surface area contributed by atoms with Crippen LogP contribution >= 0.6 is 11.8 Å². The summed E-state index contributed by atoms with van der Waals surface area (Å²) < 4.78 is 10.7. The highest BCUT2D eigenvalue weighted by molar-refractivity contribution is 8.00. The number of ether oxygens (including phenoxy) is 2. The molecule has 0 saturated carbocycles. The van der Waals surface area contributed by atoms with Crippen LogP contribution in [0.15, 0.2) is 41.3 Å². The van der Waals surface area contributed by atoms with E-state index in [-0.39, 0.29) is 5.91 Å². The molecule has 0 aliphatic carbocycles. The molecule has 1 aliphatic heterocycles. The number of hydrogen-bond donors (Lipinski definition) is 0. The van der Waals surface area contributed by atoms with E-state index in [1.807, 2.05) is 35.2 Å². The smallest absolute Gasteiger partial charge is 0.237 e. The lowest BCUT2D eigenvalue weighted by Crippen LogP contribution is -2.37. The molecule has 0 fully saturated rings. The molecule has 1 amide bonds. The number of anilines is 1. The molecule has 2 aromatic carbocycles. The third-order valence-electron chi connectivity index (χ3n) is 4.50. The fourth-order valence-electron chi connectivity index (χ4n) is 3.16. The van der Waals surface area contributed by atoms with Crippen LogP contribution in [0.5, 0.6) is 11.5 Å². The van der Waals surface area contributed by atoms with E-state index in [0.717, 1.165) is 41.5 Å². The van der Waals surface area contributed by atoms with Crippen molar-refractivity contribution in [3.8, 4) is 11.5 Å². The van der Waals surface area contributed by atoms with Crippen molar-refractivity contribution < 1.29 is 14.3 Å². The Morgan fingerprint density at radius 1 is 1.12 bits per heavy atom. The van der Waals surface area contributed by atoms with Gasteiger partial charge in [0, 0.05) is 11.4 Å². The number of aryl methyl sites for hydroxylation is 1. The average molecular weight is 357 g/mol. The molecule has 0 N–H and O–H groups in total.